The van der Waals surface area contributed by atoms with Gasteiger partial charge in [0.25, 0.3) is 0 Å². The minimum atomic E-state index is 0.794. The molecule has 0 radical (unpaired) electrons. The summed E-state index contributed by atoms with van der Waals surface area (Å²) in [6, 6.07) is 0.794. The van der Waals surface area contributed by atoms with E-state index in [-0.39, 0.29) is 0 Å². The van der Waals surface area contributed by atoms with Crippen molar-refractivity contribution in [3.63, 3.8) is 0 Å². The minimum absolute atomic E-state index is 0.794. The highest BCUT2D eigenvalue weighted by Gasteiger charge is 2.19. The topological polar surface area (TPSA) is 12.0 Å². The van der Waals surface area contributed by atoms with Crippen LogP contribution >= 0.6 is 0 Å². The molecule has 1 heteroatoms. The Labute approximate surface area is 96.0 Å². The first-order valence-electron chi connectivity index (χ1n) is 7.11. The maximum absolute atomic E-state index is 3.74. The second-order valence-corrected chi connectivity index (χ2v) is 5.07. The maximum Gasteiger partial charge on any atom is 0.00926 e. The van der Waals surface area contributed by atoms with Gasteiger partial charge in [-0.25, -0.2) is 0 Å². The first-order valence-corrected chi connectivity index (χ1v) is 7.11. The number of hydrogen-bond acceptors (Lipinski definition) is 1. The summed E-state index contributed by atoms with van der Waals surface area (Å²) in [5, 5.41) is 3.74. The summed E-state index contributed by atoms with van der Waals surface area (Å²) in [6.07, 6.45) is 12.9. The smallest absolute Gasteiger partial charge is 0.00926 e. The van der Waals surface area contributed by atoms with Crippen LogP contribution in [0.5, 0.6) is 0 Å². The van der Waals surface area contributed by atoms with Gasteiger partial charge in [0.1, 0.15) is 0 Å². The van der Waals surface area contributed by atoms with E-state index in [1.165, 1.54) is 64.3 Å². The van der Waals surface area contributed by atoms with E-state index < -0.39 is 0 Å². The molecule has 0 spiro atoms. The highest BCUT2D eigenvalue weighted by Crippen LogP contribution is 2.26. The van der Waals surface area contributed by atoms with Crippen LogP contribution in [-0.4, -0.2) is 12.6 Å². The summed E-state index contributed by atoms with van der Waals surface area (Å²) < 4.78 is 0. The Bertz CT molecular complexity index is 136. The van der Waals surface area contributed by atoms with Gasteiger partial charge >= 0.3 is 0 Å². The van der Waals surface area contributed by atoms with Crippen molar-refractivity contribution in [3.05, 3.63) is 0 Å². The lowest BCUT2D eigenvalue weighted by molar-refractivity contribution is 0.279. The van der Waals surface area contributed by atoms with Crippen molar-refractivity contribution in [2.24, 2.45) is 5.92 Å². The Hall–Kier alpha value is -0.0400. The average molecular weight is 211 g/mol. The Kier molecular flexibility index (Phi) is 7.08. The molecule has 0 heterocycles. The molecular formula is C14H29N. The molecule has 0 aromatic rings. The van der Waals surface area contributed by atoms with Crippen molar-refractivity contribution in [1.29, 1.82) is 0 Å². The van der Waals surface area contributed by atoms with Gasteiger partial charge in [-0.1, -0.05) is 46.0 Å². The molecule has 0 aromatic carbocycles. The first-order chi connectivity index (χ1) is 7.38. The van der Waals surface area contributed by atoms with Crippen molar-refractivity contribution in [1.82, 2.24) is 5.32 Å². The summed E-state index contributed by atoms with van der Waals surface area (Å²) in [5.41, 5.74) is 0. The van der Waals surface area contributed by atoms with E-state index in [0.29, 0.717) is 0 Å². The SMILES string of the molecule is CCCNC(CC)C1CCCCCCC1. The largest absolute Gasteiger partial charge is 0.314 e. The lowest BCUT2D eigenvalue weighted by atomic mass is 9.85. The van der Waals surface area contributed by atoms with Crippen LogP contribution in [0.15, 0.2) is 0 Å². The minimum Gasteiger partial charge on any atom is -0.314 e. The molecule has 1 N–H and O–H groups in total. The molecule has 90 valence electrons. The highest BCUT2D eigenvalue weighted by molar-refractivity contribution is 4.76. The third kappa shape index (κ3) is 5.01. The molecule has 1 rings (SSSR count). The fourth-order valence-corrected chi connectivity index (χ4v) is 2.86. The van der Waals surface area contributed by atoms with Crippen LogP contribution in [0, 0.1) is 5.92 Å². The molecule has 1 atom stereocenters. The summed E-state index contributed by atoms with van der Waals surface area (Å²) in [5.74, 6) is 0.960. The normalized spacial score (nSPS) is 22.0. The third-order valence-corrected chi connectivity index (χ3v) is 3.82. The Morgan fingerprint density at radius 3 is 2.13 bits per heavy atom. The van der Waals surface area contributed by atoms with Gasteiger partial charge in [0.05, 0.1) is 0 Å². The molecule has 0 aromatic heterocycles. The Morgan fingerprint density at radius 2 is 1.60 bits per heavy atom. The van der Waals surface area contributed by atoms with E-state index in [4.69, 9.17) is 0 Å². The van der Waals surface area contributed by atoms with Gasteiger partial charge in [0.2, 0.25) is 0 Å². The van der Waals surface area contributed by atoms with Gasteiger partial charge in [-0.15, -0.1) is 0 Å². The molecule has 1 unspecified atom stereocenters. The molecule has 1 nitrogen and oxygen atoms in total. The van der Waals surface area contributed by atoms with E-state index in [2.05, 4.69) is 19.2 Å². The van der Waals surface area contributed by atoms with Crippen molar-refractivity contribution in [2.75, 3.05) is 6.54 Å². The van der Waals surface area contributed by atoms with Crippen molar-refractivity contribution in [3.8, 4) is 0 Å². The van der Waals surface area contributed by atoms with Gasteiger partial charge in [0.15, 0.2) is 0 Å². The standard InChI is InChI=1S/C14H29N/c1-3-12-15-14(4-2)13-10-8-6-5-7-9-11-13/h13-15H,3-12H2,1-2H3. The first kappa shape index (κ1) is 13.0. The molecule has 15 heavy (non-hydrogen) atoms. The zero-order valence-corrected chi connectivity index (χ0v) is 10.7. The molecular weight excluding hydrogens is 182 g/mol. The lowest BCUT2D eigenvalue weighted by Crippen LogP contribution is -2.36. The highest BCUT2D eigenvalue weighted by atomic mass is 14.9. The summed E-state index contributed by atoms with van der Waals surface area (Å²) >= 11 is 0. The van der Waals surface area contributed by atoms with Crippen molar-refractivity contribution < 1.29 is 0 Å². The summed E-state index contributed by atoms with van der Waals surface area (Å²) in [6.45, 7) is 5.80. The van der Waals surface area contributed by atoms with Gasteiger partial charge in [0, 0.05) is 6.04 Å². The fourth-order valence-electron chi connectivity index (χ4n) is 2.86. The van der Waals surface area contributed by atoms with E-state index in [0.717, 1.165) is 12.0 Å². The number of nitrogens with one attached hydrogen (secondary N) is 1. The monoisotopic (exact) mass is 211 g/mol. The van der Waals surface area contributed by atoms with Crippen LogP contribution in [0.3, 0.4) is 0 Å². The molecule has 0 saturated heterocycles. The number of hydrogen-bond donors (Lipinski definition) is 1. The molecule has 0 bridgehead atoms. The lowest BCUT2D eigenvalue weighted by Gasteiger charge is -2.28. The molecule has 1 fully saturated rings. The molecule has 1 saturated carbocycles. The molecule has 0 aliphatic heterocycles. The average Bonchev–Trinajstić information content (AvgIpc) is 2.21. The van der Waals surface area contributed by atoms with E-state index in [1.807, 2.05) is 0 Å². The Balaban J connectivity index is 2.33. The van der Waals surface area contributed by atoms with Crippen LogP contribution in [0.4, 0.5) is 0 Å². The second kappa shape index (κ2) is 8.15. The fraction of sp³-hybridized carbons (Fsp3) is 1.00. The van der Waals surface area contributed by atoms with Crippen LogP contribution in [0.1, 0.15) is 71.6 Å². The summed E-state index contributed by atoms with van der Waals surface area (Å²) in [7, 11) is 0. The molecule has 1 aliphatic rings. The molecule has 1 aliphatic carbocycles. The second-order valence-electron chi connectivity index (χ2n) is 5.07. The van der Waals surface area contributed by atoms with Crippen LogP contribution in [0.2, 0.25) is 0 Å². The van der Waals surface area contributed by atoms with E-state index in [1.54, 1.807) is 0 Å². The number of rotatable bonds is 5. The van der Waals surface area contributed by atoms with Gasteiger partial charge in [-0.3, -0.25) is 0 Å². The van der Waals surface area contributed by atoms with Crippen molar-refractivity contribution >= 4 is 0 Å². The predicted octanol–water partition coefficient (Wildman–Crippen LogP) is 4.13. The van der Waals surface area contributed by atoms with Gasteiger partial charge in [-0.05, 0) is 38.1 Å². The van der Waals surface area contributed by atoms with Crippen LogP contribution in [-0.2, 0) is 0 Å². The quantitative estimate of drug-likeness (QED) is 0.721. The molecule has 0 amide bonds. The van der Waals surface area contributed by atoms with E-state index in [9.17, 15) is 0 Å². The van der Waals surface area contributed by atoms with E-state index >= 15 is 0 Å². The predicted molar refractivity (Wildman–Crippen MR) is 68.2 cm³/mol. The van der Waals surface area contributed by atoms with Gasteiger partial charge in [-0.2, -0.15) is 0 Å². The van der Waals surface area contributed by atoms with Gasteiger partial charge < -0.3 is 5.32 Å². The van der Waals surface area contributed by atoms with Crippen LogP contribution in [0.25, 0.3) is 0 Å². The maximum atomic E-state index is 3.74. The summed E-state index contributed by atoms with van der Waals surface area (Å²) in [4.78, 5) is 0. The Morgan fingerprint density at radius 1 is 1.00 bits per heavy atom. The van der Waals surface area contributed by atoms with Crippen LogP contribution < -0.4 is 5.32 Å². The van der Waals surface area contributed by atoms with Crippen molar-refractivity contribution in [2.45, 2.75) is 77.7 Å². The zero-order valence-electron chi connectivity index (χ0n) is 10.7. The third-order valence-electron chi connectivity index (χ3n) is 3.82. The zero-order chi connectivity index (χ0) is 10.9.